The molecule has 0 bridgehead atoms. The van der Waals surface area contributed by atoms with Crippen LogP contribution in [0.1, 0.15) is 66.2 Å². The van der Waals surface area contributed by atoms with E-state index in [1.54, 1.807) is 10.9 Å². The number of rotatable bonds is 7. The zero-order chi connectivity index (χ0) is 18.4. The van der Waals surface area contributed by atoms with E-state index in [0.717, 1.165) is 36.1 Å². The van der Waals surface area contributed by atoms with Gasteiger partial charge in [0, 0.05) is 30.9 Å². The molecule has 1 fully saturated rings. The molecular formula is C19H28N6O. The van der Waals surface area contributed by atoms with Crippen molar-refractivity contribution in [2.45, 2.75) is 65.3 Å². The summed E-state index contributed by atoms with van der Waals surface area (Å²) in [6.07, 6.45) is 10.2. The minimum absolute atomic E-state index is 0.196. The number of hydrogen-bond acceptors (Lipinski definition) is 5. The molecular weight excluding hydrogens is 328 g/mol. The maximum atomic E-state index is 12.2. The zero-order valence-electron chi connectivity index (χ0n) is 15.7. The van der Waals surface area contributed by atoms with Gasteiger partial charge in [-0.25, -0.2) is 9.97 Å². The van der Waals surface area contributed by atoms with Crippen LogP contribution in [0.15, 0.2) is 12.3 Å². The monoisotopic (exact) mass is 356 g/mol. The molecule has 0 spiro atoms. The Balaban J connectivity index is 1.43. The highest BCUT2D eigenvalue weighted by atomic mass is 16.2. The number of amides is 1. The Kier molecular flexibility index (Phi) is 6.30. The van der Waals surface area contributed by atoms with Crippen LogP contribution >= 0.6 is 0 Å². The van der Waals surface area contributed by atoms with Crippen molar-refractivity contribution in [2.75, 3.05) is 6.54 Å². The van der Waals surface area contributed by atoms with Crippen molar-refractivity contribution in [2.24, 2.45) is 5.92 Å². The van der Waals surface area contributed by atoms with Crippen LogP contribution in [0.5, 0.6) is 0 Å². The molecule has 0 aromatic carbocycles. The van der Waals surface area contributed by atoms with Gasteiger partial charge in [0.05, 0.1) is 6.20 Å². The topological polar surface area (TPSA) is 85.6 Å². The average molecular weight is 356 g/mol. The minimum Gasteiger partial charge on any atom is -0.350 e. The lowest BCUT2D eigenvalue weighted by molar-refractivity contribution is 0.0949. The molecule has 140 valence electrons. The number of aromatic nitrogens is 5. The van der Waals surface area contributed by atoms with Crippen molar-refractivity contribution >= 4 is 5.91 Å². The van der Waals surface area contributed by atoms with Crippen LogP contribution in [0.2, 0.25) is 0 Å². The van der Waals surface area contributed by atoms with E-state index in [-0.39, 0.29) is 5.91 Å². The van der Waals surface area contributed by atoms with E-state index in [1.165, 1.54) is 32.1 Å². The van der Waals surface area contributed by atoms with Crippen molar-refractivity contribution in [3.05, 3.63) is 35.2 Å². The molecule has 0 aliphatic heterocycles. The maximum absolute atomic E-state index is 12.2. The number of hydrogen-bond donors (Lipinski definition) is 1. The number of carbonyl (C=O) groups is 1. The Morgan fingerprint density at radius 3 is 2.65 bits per heavy atom. The Labute approximate surface area is 154 Å². The van der Waals surface area contributed by atoms with E-state index in [0.29, 0.717) is 18.7 Å². The lowest BCUT2D eigenvalue weighted by Gasteiger charge is -2.20. The van der Waals surface area contributed by atoms with E-state index in [9.17, 15) is 4.79 Å². The summed E-state index contributed by atoms with van der Waals surface area (Å²) in [4.78, 5) is 21.0. The van der Waals surface area contributed by atoms with Gasteiger partial charge in [0.2, 0.25) is 0 Å². The lowest BCUT2D eigenvalue weighted by Crippen LogP contribution is -2.26. The Morgan fingerprint density at radius 2 is 1.92 bits per heavy atom. The molecule has 0 radical (unpaired) electrons. The summed E-state index contributed by atoms with van der Waals surface area (Å²) in [7, 11) is 0. The standard InChI is InChI=1S/C19H28N6O/c1-14-12-15(2)22-18(21-14)8-10-20-19(26)17-13-25(24-23-17)11-9-16-6-4-3-5-7-16/h12-13,16H,3-11H2,1-2H3,(H,20,26). The molecule has 1 aliphatic carbocycles. The predicted molar refractivity (Wildman–Crippen MR) is 98.8 cm³/mol. The molecule has 1 saturated carbocycles. The van der Waals surface area contributed by atoms with Gasteiger partial charge in [-0.2, -0.15) is 0 Å². The molecule has 7 heteroatoms. The molecule has 7 nitrogen and oxygen atoms in total. The van der Waals surface area contributed by atoms with E-state index in [4.69, 9.17) is 0 Å². The Bertz CT molecular complexity index is 715. The van der Waals surface area contributed by atoms with Crippen LogP contribution in [-0.4, -0.2) is 37.4 Å². The Hall–Kier alpha value is -2.31. The molecule has 2 aromatic heterocycles. The van der Waals surface area contributed by atoms with Gasteiger partial charge in [0.1, 0.15) is 5.82 Å². The summed E-state index contributed by atoms with van der Waals surface area (Å²) in [6.45, 7) is 5.21. The summed E-state index contributed by atoms with van der Waals surface area (Å²) >= 11 is 0. The van der Waals surface area contributed by atoms with Gasteiger partial charge in [-0.1, -0.05) is 37.3 Å². The first kappa shape index (κ1) is 18.5. The molecule has 1 N–H and O–H groups in total. The fourth-order valence-corrected chi connectivity index (χ4v) is 3.59. The predicted octanol–water partition coefficient (Wildman–Crippen LogP) is 2.63. The van der Waals surface area contributed by atoms with Crippen molar-refractivity contribution in [3.8, 4) is 0 Å². The zero-order valence-corrected chi connectivity index (χ0v) is 15.7. The van der Waals surface area contributed by atoms with E-state index < -0.39 is 0 Å². The molecule has 0 atom stereocenters. The second-order valence-corrected chi connectivity index (χ2v) is 7.23. The fourth-order valence-electron chi connectivity index (χ4n) is 3.59. The third kappa shape index (κ3) is 5.34. The molecule has 26 heavy (non-hydrogen) atoms. The van der Waals surface area contributed by atoms with Gasteiger partial charge < -0.3 is 5.32 Å². The summed E-state index contributed by atoms with van der Waals surface area (Å²) < 4.78 is 1.79. The van der Waals surface area contributed by atoms with Crippen molar-refractivity contribution in [1.29, 1.82) is 0 Å². The van der Waals surface area contributed by atoms with Crippen LogP contribution in [0, 0.1) is 19.8 Å². The number of nitrogens with zero attached hydrogens (tertiary/aromatic N) is 5. The number of nitrogens with one attached hydrogen (secondary N) is 1. The smallest absolute Gasteiger partial charge is 0.273 e. The Morgan fingerprint density at radius 1 is 1.19 bits per heavy atom. The minimum atomic E-state index is -0.196. The van der Waals surface area contributed by atoms with Crippen molar-refractivity contribution < 1.29 is 4.79 Å². The molecule has 1 amide bonds. The van der Waals surface area contributed by atoms with Crippen LogP contribution in [-0.2, 0) is 13.0 Å². The second-order valence-electron chi connectivity index (χ2n) is 7.23. The van der Waals surface area contributed by atoms with Gasteiger partial charge in [0.15, 0.2) is 5.69 Å². The van der Waals surface area contributed by atoms with Crippen LogP contribution < -0.4 is 5.32 Å². The van der Waals surface area contributed by atoms with E-state index in [2.05, 4.69) is 25.6 Å². The van der Waals surface area contributed by atoms with Crippen LogP contribution in [0.25, 0.3) is 0 Å². The average Bonchev–Trinajstić information content (AvgIpc) is 3.09. The third-order valence-electron chi connectivity index (χ3n) is 4.93. The first-order valence-corrected chi connectivity index (χ1v) is 9.59. The summed E-state index contributed by atoms with van der Waals surface area (Å²) in [6, 6.07) is 1.94. The van der Waals surface area contributed by atoms with Crippen molar-refractivity contribution in [3.63, 3.8) is 0 Å². The summed E-state index contributed by atoms with van der Waals surface area (Å²) in [5, 5.41) is 11.0. The van der Waals surface area contributed by atoms with Crippen LogP contribution in [0.3, 0.4) is 0 Å². The highest BCUT2D eigenvalue weighted by molar-refractivity contribution is 5.91. The SMILES string of the molecule is Cc1cc(C)nc(CCNC(=O)c2cn(CCC3CCCCC3)nn2)n1. The van der Waals surface area contributed by atoms with Gasteiger partial charge in [-0.3, -0.25) is 9.48 Å². The highest BCUT2D eigenvalue weighted by Crippen LogP contribution is 2.26. The first-order chi connectivity index (χ1) is 12.6. The second kappa shape index (κ2) is 8.87. The fraction of sp³-hybridized carbons (Fsp3) is 0.632. The normalized spacial score (nSPS) is 15.2. The summed E-state index contributed by atoms with van der Waals surface area (Å²) in [5.74, 6) is 1.35. The van der Waals surface area contributed by atoms with E-state index >= 15 is 0 Å². The van der Waals surface area contributed by atoms with Gasteiger partial charge in [-0.15, -0.1) is 5.10 Å². The molecule has 1 aliphatic rings. The third-order valence-corrected chi connectivity index (χ3v) is 4.93. The van der Waals surface area contributed by atoms with Gasteiger partial charge >= 0.3 is 0 Å². The molecule has 0 saturated heterocycles. The van der Waals surface area contributed by atoms with E-state index in [1.807, 2.05) is 19.9 Å². The molecule has 2 heterocycles. The maximum Gasteiger partial charge on any atom is 0.273 e. The van der Waals surface area contributed by atoms with Crippen molar-refractivity contribution in [1.82, 2.24) is 30.3 Å². The first-order valence-electron chi connectivity index (χ1n) is 9.59. The molecule has 3 rings (SSSR count). The number of carbonyl (C=O) groups excluding carboxylic acids is 1. The quantitative estimate of drug-likeness (QED) is 0.824. The van der Waals surface area contributed by atoms with Gasteiger partial charge in [0.25, 0.3) is 5.91 Å². The van der Waals surface area contributed by atoms with Gasteiger partial charge in [-0.05, 0) is 32.3 Å². The highest BCUT2D eigenvalue weighted by Gasteiger charge is 2.15. The van der Waals surface area contributed by atoms with Crippen LogP contribution in [0.4, 0.5) is 0 Å². The summed E-state index contributed by atoms with van der Waals surface area (Å²) in [5.41, 5.74) is 2.26. The number of aryl methyl sites for hydroxylation is 3. The molecule has 0 unspecified atom stereocenters. The largest absolute Gasteiger partial charge is 0.350 e. The molecule has 2 aromatic rings. The lowest BCUT2D eigenvalue weighted by atomic mass is 9.87.